The maximum atomic E-state index is 13.4. The summed E-state index contributed by atoms with van der Waals surface area (Å²) in [7, 11) is 0. The highest BCUT2D eigenvalue weighted by Gasteiger charge is 2.08. The smallest absolute Gasteiger partial charge is 0.167 e. The molecule has 0 radical (unpaired) electrons. The molecule has 0 aliphatic carbocycles. The van der Waals surface area contributed by atoms with Crippen molar-refractivity contribution in [1.29, 1.82) is 0 Å². The van der Waals surface area contributed by atoms with Crippen molar-refractivity contribution >= 4 is 11.4 Å². The minimum absolute atomic E-state index is 0.209. The van der Waals surface area contributed by atoms with Crippen LogP contribution in [0.2, 0.25) is 0 Å². The Morgan fingerprint density at radius 2 is 2.06 bits per heavy atom. The molecular formula is C12H19FN2O2. The first kappa shape index (κ1) is 13.6. The number of nitrogens with two attached hydrogens (primary N) is 1. The Morgan fingerprint density at radius 1 is 1.29 bits per heavy atom. The molecule has 5 heteroatoms. The zero-order chi connectivity index (χ0) is 12.7. The van der Waals surface area contributed by atoms with Crippen LogP contribution in [0.1, 0.15) is 13.8 Å². The first-order valence-electron chi connectivity index (χ1n) is 5.72. The van der Waals surface area contributed by atoms with Gasteiger partial charge in [0.1, 0.15) is 0 Å². The number of ether oxygens (including phenoxy) is 2. The van der Waals surface area contributed by atoms with Gasteiger partial charge in [0.25, 0.3) is 0 Å². The molecule has 1 aromatic rings. The van der Waals surface area contributed by atoms with E-state index >= 15 is 0 Å². The quantitative estimate of drug-likeness (QED) is 0.569. The summed E-state index contributed by atoms with van der Waals surface area (Å²) < 4.78 is 23.7. The summed E-state index contributed by atoms with van der Waals surface area (Å²) in [6.45, 7) is 6.02. The van der Waals surface area contributed by atoms with Crippen LogP contribution in [0.25, 0.3) is 0 Å². The Morgan fingerprint density at radius 3 is 2.71 bits per heavy atom. The Bertz CT molecular complexity index is 359. The summed E-state index contributed by atoms with van der Waals surface area (Å²) >= 11 is 0. The normalized spacial score (nSPS) is 10.3. The summed E-state index contributed by atoms with van der Waals surface area (Å²) in [5, 5.41) is 3.08. The third kappa shape index (κ3) is 4.11. The fraction of sp³-hybridized carbons (Fsp3) is 0.500. The standard InChI is InChI=1S/C12H19FN2O2/c1-3-16-6-5-15-11-8-12(17-4-2)9(13)7-10(11)14/h7-8,15H,3-6,14H2,1-2H3. The molecule has 3 N–H and O–H groups in total. The van der Waals surface area contributed by atoms with E-state index in [-0.39, 0.29) is 5.75 Å². The topological polar surface area (TPSA) is 56.5 Å². The molecule has 0 bridgehead atoms. The maximum absolute atomic E-state index is 13.4. The molecule has 96 valence electrons. The van der Waals surface area contributed by atoms with E-state index in [1.54, 1.807) is 13.0 Å². The lowest BCUT2D eigenvalue weighted by Crippen LogP contribution is -2.11. The third-order valence-electron chi connectivity index (χ3n) is 2.17. The average Bonchev–Trinajstić information content (AvgIpc) is 2.30. The van der Waals surface area contributed by atoms with Gasteiger partial charge < -0.3 is 20.5 Å². The molecule has 0 saturated heterocycles. The van der Waals surface area contributed by atoms with E-state index in [1.165, 1.54) is 6.07 Å². The molecule has 1 aromatic carbocycles. The van der Waals surface area contributed by atoms with E-state index in [0.29, 0.717) is 37.7 Å². The predicted molar refractivity (Wildman–Crippen MR) is 67.0 cm³/mol. The number of nitrogens with one attached hydrogen (secondary N) is 1. The van der Waals surface area contributed by atoms with Crippen LogP contribution in [-0.4, -0.2) is 26.4 Å². The first-order chi connectivity index (χ1) is 8.19. The van der Waals surface area contributed by atoms with Gasteiger partial charge in [0.15, 0.2) is 11.6 Å². The van der Waals surface area contributed by atoms with Crippen molar-refractivity contribution in [2.24, 2.45) is 0 Å². The number of anilines is 2. The fourth-order valence-corrected chi connectivity index (χ4v) is 1.39. The van der Waals surface area contributed by atoms with Crippen LogP contribution >= 0.6 is 0 Å². The molecule has 0 aliphatic heterocycles. The van der Waals surface area contributed by atoms with Crippen LogP contribution < -0.4 is 15.8 Å². The maximum Gasteiger partial charge on any atom is 0.167 e. The molecular weight excluding hydrogens is 223 g/mol. The molecule has 4 nitrogen and oxygen atoms in total. The molecule has 0 unspecified atom stereocenters. The van der Waals surface area contributed by atoms with Gasteiger partial charge in [-0.05, 0) is 13.8 Å². The molecule has 17 heavy (non-hydrogen) atoms. The monoisotopic (exact) mass is 242 g/mol. The second-order valence-electron chi connectivity index (χ2n) is 3.43. The van der Waals surface area contributed by atoms with Gasteiger partial charge in [-0.25, -0.2) is 4.39 Å². The van der Waals surface area contributed by atoms with Crippen molar-refractivity contribution < 1.29 is 13.9 Å². The van der Waals surface area contributed by atoms with Crippen molar-refractivity contribution in [3.63, 3.8) is 0 Å². The van der Waals surface area contributed by atoms with Crippen LogP contribution in [0.4, 0.5) is 15.8 Å². The van der Waals surface area contributed by atoms with E-state index < -0.39 is 5.82 Å². The van der Waals surface area contributed by atoms with Crippen molar-refractivity contribution in [2.45, 2.75) is 13.8 Å². The highest BCUT2D eigenvalue weighted by molar-refractivity contribution is 5.68. The van der Waals surface area contributed by atoms with Crippen LogP contribution in [-0.2, 0) is 4.74 Å². The van der Waals surface area contributed by atoms with Gasteiger partial charge in [0.2, 0.25) is 0 Å². The van der Waals surface area contributed by atoms with Crippen LogP contribution in [0.15, 0.2) is 12.1 Å². The predicted octanol–water partition coefficient (Wildman–Crippen LogP) is 2.26. The number of hydrogen-bond donors (Lipinski definition) is 2. The van der Waals surface area contributed by atoms with Crippen molar-refractivity contribution in [2.75, 3.05) is 37.4 Å². The molecule has 0 saturated carbocycles. The van der Waals surface area contributed by atoms with Crippen LogP contribution in [0, 0.1) is 5.82 Å². The average molecular weight is 242 g/mol. The molecule has 0 aromatic heterocycles. The minimum Gasteiger partial charge on any atom is -0.491 e. The Hall–Kier alpha value is -1.49. The SMILES string of the molecule is CCOCCNc1cc(OCC)c(F)cc1N. The lowest BCUT2D eigenvalue weighted by molar-refractivity contribution is 0.158. The number of hydrogen-bond acceptors (Lipinski definition) is 4. The van der Waals surface area contributed by atoms with Gasteiger partial charge in [-0.15, -0.1) is 0 Å². The van der Waals surface area contributed by atoms with Gasteiger partial charge in [-0.2, -0.15) is 0 Å². The van der Waals surface area contributed by atoms with Crippen molar-refractivity contribution in [3.8, 4) is 5.75 Å². The molecule has 0 heterocycles. The molecule has 0 aliphatic rings. The van der Waals surface area contributed by atoms with E-state index in [9.17, 15) is 4.39 Å². The van der Waals surface area contributed by atoms with E-state index in [2.05, 4.69) is 5.32 Å². The lowest BCUT2D eigenvalue weighted by Gasteiger charge is -2.12. The molecule has 1 rings (SSSR count). The second kappa shape index (κ2) is 6.96. The number of rotatable bonds is 7. The Balaban J connectivity index is 2.66. The summed E-state index contributed by atoms with van der Waals surface area (Å²) in [5.74, 6) is -0.236. The van der Waals surface area contributed by atoms with Gasteiger partial charge in [-0.1, -0.05) is 0 Å². The van der Waals surface area contributed by atoms with E-state index in [1.807, 2.05) is 6.92 Å². The van der Waals surface area contributed by atoms with E-state index in [4.69, 9.17) is 15.2 Å². The van der Waals surface area contributed by atoms with Gasteiger partial charge in [0.05, 0.1) is 24.6 Å². The second-order valence-corrected chi connectivity index (χ2v) is 3.43. The minimum atomic E-state index is -0.445. The fourth-order valence-electron chi connectivity index (χ4n) is 1.39. The van der Waals surface area contributed by atoms with Gasteiger partial charge in [0, 0.05) is 25.3 Å². The first-order valence-corrected chi connectivity index (χ1v) is 5.72. The van der Waals surface area contributed by atoms with Crippen LogP contribution in [0.3, 0.4) is 0 Å². The summed E-state index contributed by atoms with van der Waals surface area (Å²) in [5.41, 5.74) is 6.73. The Kier molecular flexibility index (Phi) is 5.56. The van der Waals surface area contributed by atoms with Gasteiger partial charge in [-0.3, -0.25) is 0 Å². The summed E-state index contributed by atoms with van der Waals surface area (Å²) in [4.78, 5) is 0. The number of halogens is 1. The zero-order valence-corrected chi connectivity index (χ0v) is 10.3. The number of nitrogen functional groups attached to an aromatic ring is 1. The summed E-state index contributed by atoms with van der Waals surface area (Å²) in [6.07, 6.45) is 0. The molecule has 0 atom stereocenters. The lowest BCUT2D eigenvalue weighted by atomic mass is 10.2. The van der Waals surface area contributed by atoms with E-state index in [0.717, 1.165) is 0 Å². The van der Waals surface area contributed by atoms with Crippen LogP contribution in [0.5, 0.6) is 5.75 Å². The number of benzene rings is 1. The largest absolute Gasteiger partial charge is 0.491 e. The summed E-state index contributed by atoms with van der Waals surface area (Å²) in [6, 6.07) is 2.83. The zero-order valence-electron chi connectivity index (χ0n) is 10.3. The molecule has 0 fully saturated rings. The highest BCUT2D eigenvalue weighted by atomic mass is 19.1. The molecule has 0 amide bonds. The Labute approximate surface area is 101 Å². The third-order valence-corrected chi connectivity index (χ3v) is 2.17. The highest BCUT2D eigenvalue weighted by Crippen LogP contribution is 2.28. The van der Waals surface area contributed by atoms with Crippen molar-refractivity contribution in [1.82, 2.24) is 0 Å². The molecule has 0 spiro atoms. The van der Waals surface area contributed by atoms with Crippen molar-refractivity contribution in [3.05, 3.63) is 17.9 Å². The van der Waals surface area contributed by atoms with Gasteiger partial charge >= 0.3 is 0 Å².